The molecule has 152 valence electrons. The van der Waals surface area contributed by atoms with Crippen LogP contribution in [-0.2, 0) is 13.1 Å². The highest BCUT2D eigenvalue weighted by Gasteiger charge is 2.17. The van der Waals surface area contributed by atoms with E-state index in [1.165, 1.54) is 0 Å². The van der Waals surface area contributed by atoms with Crippen molar-refractivity contribution in [3.63, 3.8) is 0 Å². The topological polar surface area (TPSA) is 71.9 Å². The van der Waals surface area contributed by atoms with Gasteiger partial charge in [0.1, 0.15) is 5.82 Å². The lowest BCUT2D eigenvalue weighted by molar-refractivity contribution is 0.174. The van der Waals surface area contributed by atoms with Crippen molar-refractivity contribution >= 4 is 23.2 Å². The van der Waals surface area contributed by atoms with Gasteiger partial charge in [0.05, 0.1) is 6.61 Å². The lowest BCUT2D eigenvalue weighted by Gasteiger charge is -2.34. The van der Waals surface area contributed by atoms with Gasteiger partial charge in [-0.2, -0.15) is 11.3 Å². The molecule has 0 aromatic carbocycles. The van der Waals surface area contributed by atoms with Crippen LogP contribution >= 0.6 is 11.3 Å². The zero-order chi connectivity index (χ0) is 19.8. The van der Waals surface area contributed by atoms with Gasteiger partial charge in [-0.15, -0.1) is 0 Å². The molecule has 1 fully saturated rings. The summed E-state index contributed by atoms with van der Waals surface area (Å²) in [6.07, 6.45) is 1.83. The molecule has 2 aromatic rings. The summed E-state index contributed by atoms with van der Waals surface area (Å²) in [6, 6.07) is 5.86. The van der Waals surface area contributed by atoms with Crippen LogP contribution in [0.1, 0.15) is 18.1 Å². The Balaban J connectivity index is 1.50. The van der Waals surface area contributed by atoms with E-state index in [9.17, 15) is 9.90 Å². The van der Waals surface area contributed by atoms with Crippen LogP contribution in [0.25, 0.3) is 0 Å². The normalized spacial score (nSPS) is 14.9. The van der Waals surface area contributed by atoms with E-state index in [0.29, 0.717) is 19.6 Å². The molecule has 0 bridgehead atoms. The van der Waals surface area contributed by atoms with Gasteiger partial charge in [-0.3, -0.25) is 0 Å². The average Bonchev–Trinajstić information content (AvgIpc) is 3.25. The van der Waals surface area contributed by atoms with Crippen molar-refractivity contribution in [2.24, 2.45) is 0 Å². The number of likely N-dealkylation sites (N-methyl/N-ethyl adjacent to an activating group) is 1. The molecular formula is C20H29N5O2S. The van der Waals surface area contributed by atoms with Gasteiger partial charge in [-0.05, 0) is 40.6 Å². The highest BCUT2D eigenvalue weighted by molar-refractivity contribution is 7.07. The van der Waals surface area contributed by atoms with Crippen molar-refractivity contribution in [2.75, 3.05) is 50.8 Å². The van der Waals surface area contributed by atoms with Crippen molar-refractivity contribution < 1.29 is 9.90 Å². The minimum absolute atomic E-state index is 0.0564. The fourth-order valence-corrected chi connectivity index (χ4v) is 3.93. The van der Waals surface area contributed by atoms with Gasteiger partial charge >= 0.3 is 6.03 Å². The fourth-order valence-electron chi connectivity index (χ4n) is 3.27. The Labute approximate surface area is 170 Å². The van der Waals surface area contributed by atoms with Crippen LogP contribution in [0.3, 0.4) is 0 Å². The summed E-state index contributed by atoms with van der Waals surface area (Å²) in [6.45, 7) is 8.59. The highest BCUT2D eigenvalue weighted by Crippen LogP contribution is 2.14. The summed E-state index contributed by atoms with van der Waals surface area (Å²) in [5.74, 6) is 0.991. The second-order valence-electron chi connectivity index (χ2n) is 6.88. The third-order valence-electron chi connectivity index (χ3n) is 5.01. The van der Waals surface area contributed by atoms with Crippen molar-refractivity contribution in [3.05, 3.63) is 46.3 Å². The summed E-state index contributed by atoms with van der Waals surface area (Å²) < 4.78 is 0. The SMILES string of the molecule is CCN1CCN(c2ccc(CNC(=O)N(CCO)Cc3ccsc3)cn2)CC1. The molecule has 0 unspecified atom stereocenters. The largest absolute Gasteiger partial charge is 0.395 e. The number of aliphatic hydroxyl groups is 1. The number of hydrogen-bond donors (Lipinski definition) is 2. The second kappa shape index (κ2) is 10.4. The zero-order valence-electron chi connectivity index (χ0n) is 16.4. The summed E-state index contributed by atoms with van der Waals surface area (Å²) in [5, 5.41) is 16.2. The lowest BCUT2D eigenvalue weighted by atomic mass is 10.2. The molecule has 0 radical (unpaired) electrons. The van der Waals surface area contributed by atoms with E-state index in [4.69, 9.17) is 0 Å². The molecule has 2 aromatic heterocycles. The number of anilines is 1. The molecule has 0 saturated carbocycles. The molecule has 8 heteroatoms. The van der Waals surface area contributed by atoms with E-state index in [1.54, 1.807) is 16.2 Å². The fraction of sp³-hybridized carbons (Fsp3) is 0.500. The lowest BCUT2D eigenvalue weighted by Crippen LogP contribution is -2.46. The Bertz CT molecular complexity index is 715. The number of amides is 2. The number of aliphatic hydroxyl groups excluding tert-OH is 1. The standard InChI is InChI=1S/C20H29N5O2S/c1-2-23-6-8-24(9-7-23)19-4-3-17(13-21-19)14-22-20(27)25(10-11-26)15-18-5-12-28-16-18/h3-5,12-13,16,26H,2,6-11,14-15H2,1H3,(H,22,27). The van der Waals surface area contributed by atoms with Crippen molar-refractivity contribution in [1.29, 1.82) is 0 Å². The van der Waals surface area contributed by atoms with E-state index in [2.05, 4.69) is 27.0 Å². The number of piperazine rings is 1. The first-order valence-electron chi connectivity index (χ1n) is 9.76. The molecule has 1 aliphatic heterocycles. The summed E-state index contributed by atoms with van der Waals surface area (Å²) in [5.41, 5.74) is 2.03. The van der Waals surface area contributed by atoms with Crippen LogP contribution in [0.15, 0.2) is 35.2 Å². The van der Waals surface area contributed by atoms with Crippen molar-refractivity contribution in [1.82, 2.24) is 20.1 Å². The molecule has 3 heterocycles. The van der Waals surface area contributed by atoms with Gasteiger partial charge in [0.25, 0.3) is 0 Å². The van der Waals surface area contributed by atoms with Gasteiger partial charge in [0, 0.05) is 52.0 Å². The minimum Gasteiger partial charge on any atom is -0.395 e. The van der Waals surface area contributed by atoms with Gasteiger partial charge in [0.2, 0.25) is 0 Å². The van der Waals surface area contributed by atoms with E-state index in [0.717, 1.165) is 49.7 Å². The number of hydrogen-bond acceptors (Lipinski definition) is 6. The van der Waals surface area contributed by atoms with E-state index in [1.807, 2.05) is 35.2 Å². The quantitative estimate of drug-likeness (QED) is 0.705. The Morgan fingerprint density at radius 1 is 1.25 bits per heavy atom. The minimum atomic E-state index is -0.181. The molecule has 2 amide bonds. The maximum atomic E-state index is 12.5. The number of pyridine rings is 1. The summed E-state index contributed by atoms with van der Waals surface area (Å²) in [4.78, 5) is 23.4. The maximum absolute atomic E-state index is 12.5. The molecule has 1 saturated heterocycles. The van der Waals surface area contributed by atoms with Crippen molar-refractivity contribution in [2.45, 2.75) is 20.0 Å². The molecular weight excluding hydrogens is 374 g/mol. The molecule has 3 rings (SSSR count). The van der Waals surface area contributed by atoms with E-state index >= 15 is 0 Å². The highest BCUT2D eigenvalue weighted by atomic mass is 32.1. The second-order valence-corrected chi connectivity index (χ2v) is 7.66. The van der Waals surface area contributed by atoms with Crippen LogP contribution in [0, 0.1) is 0 Å². The molecule has 0 aliphatic carbocycles. The Kier molecular flexibility index (Phi) is 7.64. The first kappa shape index (κ1) is 20.6. The van der Waals surface area contributed by atoms with Gasteiger partial charge in [0.15, 0.2) is 0 Å². The first-order chi connectivity index (χ1) is 13.7. The number of aromatic nitrogens is 1. The number of rotatable bonds is 8. The van der Waals surface area contributed by atoms with E-state index in [-0.39, 0.29) is 12.6 Å². The van der Waals surface area contributed by atoms with Crippen LogP contribution in [0.4, 0.5) is 10.6 Å². The Morgan fingerprint density at radius 2 is 2.07 bits per heavy atom. The maximum Gasteiger partial charge on any atom is 0.318 e. The van der Waals surface area contributed by atoms with Crippen molar-refractivity contribution in [3.8, 4) is 0 Å². The van der Waals surface area contributed by atoms with Gasteiger partial charge in [-0.1, -0.05) is 13.0 Å². The van der Waals surface area contributed by atoms with Gasteiger partial charge < -0.3 is 25.1 Å². The average molecular weight is 404 g/mol. The van der Waals surface area contributed by atoms with E-state index < -0.39 is 0 Å². The molecule has 28 heavy (non-hydrogen) atoms. The predicted octanol–water partition coefficient (Wildman–Crippen LogP) is 1.99. The third-order valence-corrected chi connectivity index (χ3v) is 5.74. The third kappa shape index (κ3) is 5.67. The van der Waals surface area contributed by atoms with Gasteiger partial charge in [-0.25, -0.2) is 9.78 Å². The molecule has 1 aliphatic rings. The van der Waals surface area contributed by atoms with Crippen LogP contribution in [0.2, 0.25) is 0 Å². The molecule has 0 spiro atoms. The number of thiophene rings is 1. The number of nitrogens with zero attached hydrogens (tertiary/aromatic N) is 4. The predicted molar refractivity (Wildman–Crippen MR) is 113 cm³/mol. The number of urea groups is 1. The van der Waals surface area contributed by atoms with Crippen LogP contribution in [-0.4, -0.2) is 71.8 Å². The Hall–Kier alpha value is -2.16. The first-order valence-corrected chi connectivity index (χ1v) is 10.7. The molecule has 2 N–H and O–H groups in total. The van der Waals surface area contributed by atoms with Crippen LogP contribution in [0.5, 0.6) is 0 Å². The number of carbonyl (C=O) groups excluding carboxylic acids is 1. The Morgan fingerprint density at radius 3 is 2.68 bits per heavy atom. The molecule has 7 nitrogen and oxygen atoms in total. The summed E-state index contributed by atoms with van der Waals surface area (Å²) >= 11 is 1.60. The number of nitrogens with one attached hydrogen (secondary N) is 1. The smallest absolute Gasteiger partial charge is 0.318 e. The monoisotopic (exact) mass is 403 g/mol. The van der Waals surface area contributed by atoms with Crippen LogP contribution < -0.4 is 10.2 Å². The zero-order valence-corrected chi connectivity index (χ0v) is 17.2. The number of carbonyl (C=O) groups is 1. The summed E-state index contributed by atoms with van der Waals surface area (Å²) in [7, 11) is 0. The molecule has 0 atom stereocenters.